The summed E-state index contributed by atoms with van der Waals surface area (Å²) in [6.45, 7) is 3.55. The molecule has 2 N–H and O–H groups in total. The summed E-state index contributed by atoms with van der Waals surface area (Å²) in [6, 6.07) is 9.83. The quantitative estimate of drug-likeness (QED) is 0.830. The van der Waals surface area contributed by atoms with E-state index in [1.807, 2.05) is 37.3 Å². The lowest BCUT2D eigenvalue weighted by molar-refractivity contribution is 0.280. The van der Waals surface area contributed by atoms with E-state index in [0.29, 0.717) is 6.54 Å². The first-order valence-electron chi connectivity index (χ1n) is 5.72. The highest BCUT2D eigenvalue weighted by atomic mass is 16.3. The fraction of sp³-hybridized carbons (Fsp3) is 0.286. The Hall–Kier alpha value is -1.58. The van der Waals surface area contributed by atoms with Crippen LogP contribution in [0.4, 0.5) is 0 Å². The number of aliphatic hydroxyl groups is 1. The maximum absolute atomic E-state index is 9.20. The zero-order chi connectivity index (χ0) is 12.1. The van der Waals surface area contributed by atoms with E-state index in [1.54, 1.807) is 6.26 Å². The zero-order valence-electron chi connectivity index (χ0n) is 9.94. The van der Waals surface area contributed by atoms with Crippen molar-refractivity contribution in [3.05, 3.63) is 59.0 Å². The van der Waals surface area contributed by atoms with E-state index in [2.05, 4.69) is 5.32 Å². The summed E-state index contributed by atoms with van der Waals surface area (Å²) < 4.78 is 5.35. The van der Waals surface area contributed by atoms with Crippen LogP contribution in [0.3, 0.4) is 0 Å². The third-order valence-electron chi connectivity index (χ3n) is 2.86. The molecule has 1 aromatic heterocycles. The van der Waals surface area contributed by atoms with E-state index in [-0.39, 0.29) is 6.61 Å². The van der Waals surface area contributed by atoms with Gasteiger partial charge in [0.05, 0.1) is 19.4 Å². The summed E-state index contributed by atoms with van der Waals surface area (Å²) in [5, 5.41) is 12.5. The van der Waals surface area contributed by atoms with E-state index in [9.17, 15) is 5.11 Å². The predicted molar refractivity (Wildman–Crippen MR) is 66.4 cm³/mol. The molecule has 0 atom stereocenters. The molecule has 1 aromatic carbocycles. The monoisotopic (exact) mass is 231 g/mol. The van der Waals surface area contributed by atoms with Crippen LogP contribution < -0.4 is 5.32 Å². The van der Waals surface area contributed by atoms with Crippen molar-refractivity contribution in [1.82, 2.24) is 5.32 Å². The number of benzene rings is 1. The minimum absolute atomic E-state index is 0.0810. The third kappa shape index (κ3) is 2.96. The molecule has 0 saturated carbocycles. The number of hydrogen-bond acceptors (Lipinski definition) is 3. The minimum atomic E-state index is 0.0810. The minimum Gasteiger partial charge on any atom is -0.468 e. The molecule has 3 heteroatoms. The Morgan fingerprint density at radius 3 is 2.53 bits per heavy atom. The molecule has 3 nitrogen and oxygen atoms in total. The van der Waals surface area contributed by atoms with Crippen molar-refractivity contribution in [3.8, 4) is 0 Å². The van der Waals surface area contributed by atoms with Crippen LogP contribution in [-0.4, -0.2) is 5.11 Å². The molecule has 0 saturated heterocycles. The van der Waals surface area contributed by atoms with Gasteiger partial charge in [-0.2, -0.15) is 0 Å². The van der Waals surface area contributed by atoms with Gasteiger partial charge >= 0.3 is 0 Å². The molecular weight excluding hydrogens is 214 g/mol. The Kier molecular flexibility index (Phi) is 3.96. The van der Waals surface area contributed by atoms with Crippen molar-refractivity contribution in [2.24, 2.45) is 0 Å². The third-order valence-corrected chi connectivity index (χ3v) is 2.86. The van der Waals surface area contributed by atoms with Crippen LogP contribution in [0.5, 0.6) is 0 Å². The average molecular weight is 231 g/mol. The van der Waals surface area contributed by atoms with Gasteiger partial charge in [-0.1, -0.05) is 24.3 Å². The standard InChI is InChI=1S/C14H17NO2/c1-11-6-7-17-14(11)9-15-8-12-4-2-3-5-13(12)10-16/h2-7,15-16H,8-10H2,1H3. The smallest absolute Gasteiger partial charge is 0.120 e. The number of aliphatic hydroxyl groups excluding tert-OH is 1. The van der Waals surface area contributed by atoms with E-state index in [1.165, 1.54) is 0 Å². The largest absolute Gasteiger partial charge is 0.468 e. The lowest BCUT2D eigenvalue weighted by atomic mass is 10.1. The summed E-state index contributed by atoms with van der Waals surface area (Å²) in [6.07, 6.45) is 1.70. The van der Waals surface area contributed by atoms with Crippen LogP contribution >= 0.6 is 0 Å². The molecule has 90 valence electrons. The second kappa shape index (κ2) is 5.66. The van der Waals surface area contributed by atoms with Crippen molar-refractivity contribution in [1.29, 1.82) is 0 Å². The highest BCUT2D eigenvalue weighted by molar-refractivity contribution is 5.26. The maximum Gasteiger partial charge on any atom is 0.120 e. The second-order valence-electron chi connectivity index (χ2n) is 4.06. The SMILES string of the molecule is Cc1ccoc1CNCc1ccccc1CO. The Labute approximate surface area is 101 Å². The number of aryl methyl sites for hydroxylation is 1. The van der Waals surface area contributed by atoms with E-state index in [4.69, 9.17) is 4.42 Å². The molecule has 2 aromatic rings. The van der Waals surface area contributed by atoms with Crippen LogP contribution in [0, 0.1) is 6.92 Å². The molecule has 0 spiro atoms. The number of nitrogens with one attached hydrogen (secondary N) is 1. The summed E-state index contributed by atoms with van der Waals surface area (Å²) in [5.74, 6) is 0.964. The van der Waals surface area contributed by atoms with Crippen LogP contribution in [0.25, 0.3) is 0 Å². The van der Waals surface area contributed by atoms with Gasteiger partial charge in [0.2, 0.25) is 0 Å². The Bertz CT molecular complexity index is 477. The van der Waals surface area contributed by atoms with Crippen LogP contribution in [0.2, 0.25) is 0 Å². The first-order valence-corrected chi connectivity index (χ1v) is 5.72. The van der Waals surface area contributed by atoms with Gasteiger partial charge in [0.1, 0.15) is 5.76 Å². The van der Waals surface area contributed by atoms with Crippen molar-refractivity contribution < 1.29 is 9.52 Å². The van der Waals surface area contributed by atoms with E-state index in [0.717, 1.165) is 29.0 Å². The normalized spacial score (nSPS) is 10.7. The average Bonchev–Trinajstić information content (AvgIpc) is 2.76. The van der Waals surface area contributed by atoms with Gasteiger partial charge < -0.3 is 14.8 Å². The molecule has 0 amide bonds. The molecule has 0 unspecified atom stereocenters. The second-order valence-corrected chi connectivity index (χ2v) is 4.06. The van der Waals surface area contributed by atoms with Gasteiger partial charge in [0.15, 0.2) is 0 Å². The molecule has 2 rings (SSSR count). The van der Waals surface area contributed by atoms with Gasteiger partial charge in [0.25, 0.3) is 0 Å². The fourth-order valence-corrected chi connectivity index (χ4v) is 1.78. The molecule has 0 aliphatic heterocycles. The molecule has 0 radical (unpaired) electrons. The van der Waals surface area contributed by atoms with Crippen molar-refractivity contribution in [2.45, 2.75) is 26.6 Å². The molecule has 0 bridgehead atoms. The lowest BCUT2D eigenvalue weighted by Gasteiger charge is -2.08. The highest BCUT2D eigenvalue weighted by Gasteiger charge is 2.03. The molecule has 17 heavy (non-hydrogen) atoms. The van der Waals surface area contributed by atoms with Crippen LogP contribution in [0.15, 0.2) is 41.0 Å². The Balaban J connectivity index is 1.92. The number of furan rings is 1. The zero-order valence-corrected chi connectivity index (χ0v) is 9.94. The highest BCUT2D eigenvalue weighted by Crippen LogP contribution is 2.10. The van der Waals surface area contributed by atoms with Crippen molar-refractivity contribution in [2.75, 3.05) is 0 Å². The first kappa shape index (κ1) is 11.9. The maximum atomic E-state index is 9.20. The van der Waals surface area contributed by atoms with Gasteiger partial charge in [-0.05, 0) is 29.7 Å². The first-order chi connectivity index (χ1) is 8.31. The molecule has 0 aliphatic rings. The molecule has 0 fully saturated rings. The van der Waals surface area contributed by atoms with Crippen LogP contribution in [-0.2, 0) is 19.7 Å². The van der Waals surface area contributed by atoms with Crippen molar-refractivity contribution in [3.63, 3.8) is 0 Å². The van der Waals surface area contributed by atoms with E-state index < -0.39 is 0 Å². The predicted octanol–water partition coefficient (Wildman–Crippen LogP) is 2.37. The van der Waals surface area contributed by atoms with Crippen LogP contribution in [0.1, 0.15) is 22.5 Å². The number of rotatable bonds is 5. The Morgan fingerprint density at radius 1 is 1.12 bits per heavy atom. The molecular formula is C14H17NO2. The fourth-order valence-electron chi connectivity index (χ4n) is 1.78. The van der Waals surface area contributed by atoms with Gasteiger partial charge in [-0.15, -0.1) is 0 Å². The number of hydrogen-bond donors (Lipinski definition) is 2. The van der Waals surface area contributed by atoms with Gasteiger partial charge in [0, 0.05) is 6.54 Å². The summed E-state index contributed by atoms with van der Waals surface area (Å²) >= 11 is 0. The van der Waals surface area contributed by atoms with Crippen molar-refractivity contribution >= 4 is 0 Å². The summed E-state index contributed by atoms with van der Waals surface area (Å²) in [5.41, 5.74) is 3.25. The van der Waals surface area contributed by atoms with Gasteiger partial charge in [-0.25, -0.2) is 0 Å². The summed E-state index contributed by atoms with van der Waals surface area (Å²) in [7, 11) is 0. The van der Waals surface area contributed by atoms with E-state index >= 15 is 0 Å². The summed E-state index contributed by atoms with van der Waals surface area (Å²) in [4.78, 5) is 0. The molecule has 1 heterocycles. The topological polar surface area (TPSA) is 45.4 Å². The van der Waals surface area contributed by atoms with Gasteiger partial charge in [-0.3, -0.25) is 0 Å². The lowest BCUT2D eigenvalue weighted by Crippen LogP contribution is -2.14. The Morgan fingerprint density at radius 2 is 1.88 bits per heavy atom. The molecule has 0 aliphatic carbocycles.